The molecule has 4 saturated heterocycles. The molecular weight excluding hydrogens is 438 g/mol. The summed E-state index contributed by atoms with van der Waals surface area (Å²) in [5.41, 5.74) is 3.75. The van der Waals surface area contributed by atoms with E-state index in [-0.39, 0.29) is 30.2 Å². The number of imide groups is 2. The molecule has 0 spiro atoms. The Kier molecular flexibility index (Phi) is 6.89. The molecule has 34 heavy (non-hydrogen) atoms. The number of ether oxygens (including phenoxy) is 2. The van der Waals surface area contributed by atoms with Crippen LogP contribution in [0.15, 0.2) is 37.5 Å². The maximum absolute atomic E-state index is 13.2. The second-order valence-corrected chi connectivity index (χ2v) is 9.78. The van der Waals surface area contributed by atoms with Crippen molar-refractivity contribution in [3.8, 4) is 0 Å². The number of amides is 4. The Labute approximate surface area is 199 Å². The highest BCUT2D eigenvalue weighted by molar-refractivity contribution is 6.07. The summed E-state index contributed by atoms with van der Waals surface area (Å²) < 4.78 is 12.0. The van der Waals surface area contributed by atoms with Crippen LogP contribution < -0.4 is 5.73 Å². The first-order valence-corrected chi connectivity index (χ1v) is 12.0. The fourth-order valence-corrected chi connectivity index (χ4v) is 5.57. The number of rotatable bonds is 9. The van der Waals surface area contributed by atoms with Crippen LogP contribution in [0.1, 0.15) is 20.3 Å². The average molecular weight is 473 g/mol. The summed E-state index contributed by atoms with van der Waals surface area (Å²) in [6, 6.07) is 0. The van der Waals surface area contributed by atoms with E-state index in [2.05, 4.69) is 18.9 Å². The van der Waals surface area contributed by atoms with Gasteiger partial charge in [-0.1, -0.05) is 38.2 Å². The normalized spacial score (nSPS) is 37.4. The predicted molar refractivity (Wildman–Crippen MR) is 121 cm³/mol. The highest BCUT2D eigenvalue weighted by Crippen LogP contribution is 2.44. The zero-order valence-electron chi connectivity index (χ0n) is 19.8. The lowest BCUT2D eigenvalue weighted by atomic mass is 9.87. The Morgan fingerprint density at radius 3 is 1.50 bits per heavy atom. The van der Waals surface area contributed by atoms with Crippen LogP contribution in [0, 0.1) is 29.6 Å². The number of fused-ring (bicyclic) bond motifs is 2. The Hall–Kier alpha value is -2.62. The van der Waals surface area contributed by atoms with Crippen LogP contribution >= 0.6 is 0 Å². The number of carbonyl (C=O) groups is 4. The topological polar surface area (TPSA) is 121 Å². The highest BCUT2D eigenvalue weighted by atomic mass is 16.5. The first kappa shape index (κ1) is 24.5. The first-order valence-electron chi connectivity index (χ1n) is 12.0. The van der Waals surface area contributed by atoms with E-state index in [4.69, 9.17) is 9.47 Å². The van der Waals surface area contributed by atoms with Crippen molar-refractivity contribution < 1.29 is 34.4 Å². The van der Waals surface area contributed by atoms with E-state index >= 15 is 0 Å². The van der Waals surface area contributed by atoms with E-state index in [0.717, 1.165) is 6.42 Å². The van der Waals surface area contributed by atoms with Gasteiger partial charge in [-0.15, -0.1) is 13.2 Å². The molecule has 4 fully saturated rings. The van der Waals surface area contributed by atoms with E-state index in [0.29, 0.717) is 19.0 Å². The zero-order valence-corrected chi connectivity index (χ0v) is 19.8. The van der Waals surface area contributed by atoms with Crippen molar-refractivity contribution in [2.45, 2.75) is 44.7 Å². The summed E-state index contributed by atoms with van der Waals surface area (Å²) in [6.45, 7) is 12.7. The van der Waals surface area contributed by atoms with Crippen molar-refractivity contribution in [2.24, 2.45) is 29.6 Å². The van der Waals surface area contributed by atoms with Crippen LogP contribution in [0.5, 0.6) is 0 Å². The molecule has 8 atom stereocenters. The minimum atomic E-state index is -0.659. The van der Waals surface area contributed by atoms with Gasteiger partial charge in [0.25, 0.3) is 0 Å². The highest BCUT2D eigenvalue weighted by Gasteiger charge is 2.60. The standard InChI is InChI=1S/C25H33N3O6/c1-5-14-18-20(24(31)27(22(18)29)11-9-13(3)4)16(33-14)7-8-17-21-19(15(6-2)34-17)23(30)28(12-10-26)25(21)32/h5-8,13-21H,1-2,9-12,26H2,3-4H3/p+1/b8-7-/t14-,15+,16?,17-,18-,19+,20+,21-/m1/s1. The molecule has 0 aromatic carbocycles. The van der Waals surface area contributed by atoms with Gasteiger partial charge in [0.05, 0.1) is 61.2 Å². The number of hydrogen-bond acceptors (Lipinski definition) is 6. The number of hydrogen-bond donors (Lipinski definition) is 1. The van der Waals surface area contributed by atoms with Crippen LogP contribution in [0.25, 0.3) is 0 Å². The number of likely N-dealkylation sites (tertiary alicyclic amines) is 2. The molecule has 1 unspecified atom stereocenters. The van der Waals surface area contributed by atoms with E-state index in [1.54, 1.807) is 24.3 Å². The lowest BCUT2D eigenvalue weighted by Gasteiger charge is -2.21. The zero-order chi connectivity index (χ0) is 24.7. The fourth-order valence-electron chi connectivity index (χ4n) is 5.57. The Balaban J connectivity index is 1.55. The third-order valence-electron chi connectivity index (χ3n) is 7.29. The summed E-state index contributed by atoms with van der Waals surface area (Å²) >= 11 is 0. The van der Waals surface area contributed by atoms with Crippen LogP contribution in [0.4, 0.5) is 0 Å². The molecule has 0 aliphatic carbocycles. The van der Waals surface area contributed by atoms with E-state index in [1.165, 1.54) is 9.80 Å². The van der Waals surface area contributed by atoms with Crippen molar-refractivity contribution in [2.75, 3.05) is 19.6 Å². The van der Waals surface area contributed by atoms with Gasteiger partial charge in [0.15, 0.2) is 0 Å². The van der Waals surface area contributed by atoms with E-state index in [1.807, 2.05) is 13.8 Å². The van der Waals surface area contributed by atoms with Crippen LogP contribution in [0.3, 0.4) is 0 Å². The van der Waals surface area contributed by atoms with Gasteiger partial charge in [-0.2, -0.15) is 0 Å². The molecule has 4 aliphatic rings. The molecule has 4 amide bonds. The second kappa shape index (κ2) is 9.56. The minimum Gasteiger partial charge on any atom is -0.365 e. The maximum atomic E-state index is 13.2. The SMILES string of the molecule is C=C[C@@H]1O[C@H](/C=C\C2O[C@H](C=C)[C@H]3C(=O)N(CCC(C)C)C(=O)[C@@H]23)[C@H]2C(=O)N(CC[NH3+])C(=O)[C@H]21. The monoisotopic (exact) mass is 472 g/mol. The van der Waals surface area contributed by atoms with Crippen molar-refractivity contribution in [1.29, 1.82) is 0 Å². The quantitative estimate of drug-likeness (QED) is 0.371. The molecule has 184 valence electrons. The second-order valence-electron chi connectivity index (χ2n) is 9.78. The lowest BCUT2D eigenvalue weighted by molar-refractivity contribution is -0.367. The van der Waals surface area contributed by atoms with Crippen molar-refractivity contribution in [3.63, 3.8) is 0 Å². The third kappa shape index (κ3) is 3.85. The van der Waals surface area contributed by atoms with Crippen molar-refractivity contribution >= 4 is 23.6 Å². The van der Waals surface area contributed by atoms with Crippen LogP contribution in [-0.4, -0.2) is 77.5 Å². The average Bonchev–Trinajstić information content (AvgIpc) is 3.49. The van der Waals surface area contributed by atoms with E-state index < -0.39 is 48.1 Å². The van der Waals surface area contributed by atoms with Crippen molar-refractivity contribution in [1.82, 2.24) is 9.80 Å². The van der Waals surface area contributed by atoms with Gasteiger partial charge >= 0.3 is 0 Å². The van der Waals surface area contributed by atoms with Crippen LogP contribution in [-0.2, 0) is 28.7 Å². The van der Waals surface area contributed by atoms with Gasteiger partial charge in [0.1, 0.15) is 0 Å². The molecule has 3 N–H and O–H groups in total. The molecule has 9 nitrogen and oxygen atoms in total. The largest absolute Gasteiger partial charge is 0.365 e. The minimum absolute atomic E-state index is 0.222. The number of quaternary nitrogens is 1. The molecule has 0 bridgehead atoms. The molecule has 0 aromatic heterocycles. The van der Waals surface area contributed by atoms with Gasteiger partial charge in [-0.25, -0.2) is 0 Å². The smallest absolute Gasteiger partial charge is 0.236 e. The number of carbonyl (C=O) groups excluding carboxylic acids is 4. The molecule has 4 rings (SSSR count). The summed E-state index contributed by atoms with van der Waals surface area (Å²) in [5.74, 6) is -3.16. The summed E-state index contributed by atoms with van der Waals surface area (Å²) in [7, 11) is 0. The Morgan fingerprint density at radius 1 is 0.765 bits per heavy atom. The molecule has 0 aromatic rings. The summed E-state index contributed by atoms with van der Waals surface area (Å²) in [6.07, 6.45) is 4.79. The molecule has 4 heterocycles. The Morgan fingerprint density at radius 2 is 1.15 bits per heavy atom. The van der Waals surface area contributed by atoms with Crippen LogP contribution in [0.2, 0.25) is 0 Å². The van der Waals surface area contributed by atoms with Gasteiger partial charge in [0.2, 0.25) is 23.6 Å². The lowest BCUT2D eigenvalue weighted by Crippen LogP contribution is -2.56. The summed E-state index contributed by atoms with van der Waals surface area (Å²) in [4.78, 5) is 54.6. The molecular formula is C25H34N3O6+. The van der Waals surface area contributed by atoms with Gasteiger partial charge in [-0.3, -0.25) is 29.0 Å². The predicted octanol–water partition coefficient (Wildman–Crippen LogP) is -0.0602. The molecule has 4 aliphatic heterocycles. The third-order valence-corrected chi connectivity index (χ3v) is 7.29. The van der Waals surface area contributed by atoms with E-state index in [9.17, 15) is 19.2 Å². The summed E-state index contributed by atoms with van der Waals surface area (Å²) in [5, 5.41) is 0. The molecule has 0 radical (unpaired) electrons. The maximum Gasteiger partial charge on any atom is 0.236 e. The van der Waals surface area contributed by atoms with Crippen molar-refractivity contribution in [3.05, 3.63) is 37.5 Å². The Bertz CT molecular complexity index is 930. The van der Waals surface area contributed by atoms with Gasteiger partial charge in [0, 0.05) is 6.54 Å². The molecule has 9 heteroatoms. The fraction of sp³-hybridized carbons (Fsp3) is 0.600. The molecule has 0 saturated carbocycles. The first-order chi connectivity index (χ1) is 16.2. The van der Waals surface area contributed by atoms with Gasteiger partial charge < -0.3 is 15.2 Å². The van der Waals surface area contributed by atoms with Gasteiger partial charge in [-0.05, 0) is 12.3 Å². The number of nitrogens with zero attached hydrogens (tertiary/aromatic N) is 2.